The summed E-state index contributed by atoms with van der Waals surface area (Å²) < 4.78 is 5.11. The summed E-state index contributed by atoms with van der Waals surface area (Å²) in [6.45, 7) is 4.58. The van der Waals surface area contributed by atoms with Crippen LogP contribution in [0.2, 0.25) is 5.02 Å². The van der Waals surface area contributed by atoms with E-state index >= 15 is 0 Å². The fourth-order valence-electron chi connectivity index (χ4n) is 2.77. The van der Waals surface area contributed by atoms with E-state index in [1.54, 1.807) is 29.2 Å². The van der Waals surface area contributed by atoms with Gasteiger partial charge in [-0.1, -0.05) is 18.5 Å². The van der Waals surface area contributed by atoms with E-state index in [2.05, 4.69) is 5.32 Å². The molecule has 1 aromatic carbocycles. The first-order valence-electron chi connectivity index (χ1n) is 8.91. The Morgan fingerprint density at radius 3 is 2.42 bits per heavy atom. The molecule has 1 N–H and O–H groups in total. The number of carbonyl (C=O) groups is 3. The number of amides is 2. The number of hydrogen-bond donors (Lipinski definition) is 1. The molecule has 1 aliphatic rings. The van der Waals surface area contributed by atoms with Crippen molar-refractivity contribution in [1.29, 1.82) is 0 Å². The zero-order valence-electron chi connectivity index (χ0n) is 15.2. The van der Waals surface area contributed by atoms with Crippen molar-refractivity contribution in [2.75, 3.05) is 19.7 Å². The van der Waals surface area contributed by atoms with Crippen molar-refractivity contribution >= 4 is 29.4 Å². The van der Waals surface area contributed by atoms with E-state index in [1.807, 2.05) is 13.8 Å². The minimum absolute atomic E-state index is 0.0586. The lowest BCUT2D eigenvalue weighted by Gasteiger charge is -2.31. The normalized spacial score (nSPS) is 16.0. The van der Waals surface area contributed by atoms with Crippen LogP contribution in [0.3, 0.4) is 0 Å². The van der Waals surface area contributed by atoms with Crippen molar-refractivity contribution in [2.45, 2.75) is 39.2 Å². The van der Waals surface area contributed by atoms with Gasteiger partial charge in [-0.3, -0.25) is 14.4 Å². The molecule has 2 rings (SSSR count). The molecule has 0 aromatic heterocycles. The maximum Gasteiger partial charge on any atom is 0.309 e. The molecular weight excluding hydrogens is 356 g/mol. The first kappa shape index (κ1) is 20.2. The Morgan fingerprint density at radius 1 is 1.23 bits per heavy atom. The molecule has 26 heavy (non-hydrogen) atoms. The Kier molecular flexibility index (Phi) is 7.45. The average Bonchev–Trinajstić information content (AvgIpc) is 2.66. The third kappa shape index (κ3) is 5.73. The number of likely N-dealkylation sites (tertiary alicyclic amines) is 1. The largest absolute Gasteiger partial charge is 0.455 e. The number of hydrogen-bond acceptors (Lipinski definition) is 4. The lowest BCUT2D eigenvalue weighted by atomic mass is 9.96. The lowest BCUT2D eigenvalue weighted by Crippen LogP contribution is -2.41. The second-order valence-electron chi connectivity index (χ2n) is 6.56. The van der Waals surface area contributed by atoms with Gasteiger partial charge in [0.15, 0.2) is 6.61 Å². The molecule has 0 bridgehead atoms. The van der Waals surface area contributed by atoms with Crippen LogP contribution in [0.25, 0.3) is 0 Å². The quantitative estimate of drug-likeness (QED) is 0.770. The maximum absolute atomic E-state index is 12.4. The van der Waals surface area contributed by atoms with Crippen molar-refractivity contribution in [3.63, 3.8) is 0 Å². The molecule has 1 atom stereocenters. The second kappa shape index (κ2) is 9.57. The molecule has 0 radical (unpaired) electrons. The molecule has 0 unspecified atom stereocenters. The molecule has 6 nitrogen and oxygen atoms in total. The Balaban J connectivity index is 1.76. The number of ether oxygens (including phenoxy) is 1. The number of nitrogens with one attached hydrogen (secondary N) is 1. The molecule has 0 aliphatic carbocycles. The van der Waals surface area contributed by atoms with Crippen LogP contribution in [-0.2, 0) is 14.3 Å². The van der Waals surface area contributed by atoms with Gasteiger partial charge in [-0.2, -0.15) is 0 Å². The number of benzene rings is 1. The molecule has 1 heterocycles. The molecule has 0 spiro atoms. The number of piperidine rings is 1. The van der Waals surface area contributed by atoms with Crippen LogP contribution >= 0.6 is 11.6 Å². The fraction of sp³-hybridized carbons (Fsp3) is 0.526. The first-order valence-corrected chi connectivity index (χ1v) is 9.29. The third-order valence-corrected chi connectivity index (χ3v) is 4.82. The molecule has 1 saturated heterocycles. The van der Waals surface area contributed by atoms with Crippen LogP contribution in [0.5, 0.6) is 0 Å². The van der Waals surface area contributed by atoms with Crippen molar-refractivity contribution in [2.24, 2.45) is 5.92 Å². The number of carbonyl (C=O) groups excluding carboxylic acids is 3. The standard InChI is InChI=1S/C19H25ClN2O4/c1-3-13(2)21-17(23)12-26-19(25)15-8-10-22(11-9-15)18(24)14-4-6-16(20)7-5-14/h4-7,13,15H,3,8-12H2,1-2H3,(H,21,23)/t13-/m0/s1. The van der Waals surface area contributed by atoms with Crippen molar-refractivity contribution in [3.05, 3.63) is 34.9 Å². The maximum atomic E-state index is 12.4. The lowest BCUT2D eigenvalue weighted by molar-refractivity contribution is -0.154. The summed E-state index contributed by atoms with van der Waals surface area (Å²) in [6, 6.07) is 6.82. The highest BCUT2D eigenvalue weighted by Gasteiger charge is 2.29. The van der Waals surface area contributed by atoms with Gasteiger partial charge in [-0.15, -0.1) is 0 Å². The highest BCUT2D eigenvalue weighted by Crippen LogP contribution is 2.21. The van der Waals surface area contributed by atoms with Gasteiger partial charge in [0.1, 0.15) is 0 Å². The van der Waals surface area contributed by atoms with E-state index in [0.717, 1.165) is 6.42 Å². The van der Waals surface area contributed by atoms with E-state index in [0.29, 0.717) is 36.5 Å². The summed E-state index contributed by atoms with van der Waals surface area (Å²) in [7, 11) is 0. The van der Waals surface area contributed by atoms with Crippen LogP contribution in [0.15, 0.2) is 24.3 Å². The average molecular weight is 381 g/mol. The highest BCUT2D eigenvalue weighted by molar-refractivity contribution is 6.30. The number of halogens is 1. The minimum atomic E-state index is -0.372. The van der Waals surface area contributed by atoms with Gasteiger partial charge < -0.3 is 15.0 Å². The van der Waals surface area contributed by atoms with Crippen molar-refractivity contribution < 1.29 is 19.1 Å². The highest BCUT2D eigenvalue weighted by atomic mass is 35.5. The molecule has 2 amide bonds. The second-order valence-corrected chi connectivity index (χ2v) is 6.99. The molecular formula is C19H25ClN2O4. The molecule has 1 aliphatic heterocycles. The summed E-state index contributed by atoms with van der Waals surface area (Å²) in [4.78, 5) is 38.0. The molecule has 142 valence electrons. The van der Waals surface area contributed by atoms with Crippen LogP contribution < -0.4 is 5.32 Å². The SMILES string of the molecule is CC[C@H](C)NC(=O)COC(=O)C1CCN(C(=O)c2ccc(Cl)cc2)CC1. The monoisotopic (exact) mass is 380 g/mol. The number of rotatable bonds is 6. The molecule has 0 saturated carbocycles. The Labute approximate surface area is 158 Å². The number of nitrogens with zero attached hydrogens (tertiary/aromatic N) is 1. The predicted octanol–water partition coefficient (Wildman–Crippen LogP) is 2.65. The van der Waals surface area contributed by atoms with Gasteiger partial charge in [-0.25, -0.2) is 0 Å². The van der Waals surface area contributed by atoms with Gasteiger partial charge in [0.05, 0.1) is 5.92 Å². The minimum Gasteiger partial charge on any atom is -0.455 e. The van der Waals surface area contributed by atoms with E-state index in [9.17, 15) is 14.4 Å². The summed E-state index contributed by atoms with van der Waals surface area (Å²) in [5.74, 6) is -1.01. The van der Waals surface area contributed by atoms with Crippen molar-refractivity contribution in [1.82, 2.24) is 10.2 Å². The van der Waals surface area contributed by atoms with Crippen LogP contribution in [0, 0.1) is 5.92 Å². The molecule has 7 heteroatoms. The Morgan fingerprint density at radius 2 is 1.85 bits per heavy atom. The third-order valence-electron chi connectivity index (χ3n) is 4.57. The molecule has 1 aromatic rings. The Hall–Kier alpha value is -2.08. The van der Waals surface area contributed by atoms with Crippen LogP contribution in [0.1, 0.15) is 43.5 Å². The zero-order chi connectivity index (χ0) is 19.1. The van der Waals surface area contributed by atoms with Crippen LogP contribution in [-0.4, -0.2) is 48.4 Å². The summed E-state index contributed by atoms with van der Waals surface area (Å²) in [5, 5.41) is 3.34. The smallest absolute Gasteiger partial charge is 0.309 e. The van der Waals surface area contributed by atoms with Crippen molar-refractivity contribution in [3.8, 4) is 0 Å². The summed E-state index contributed by atoms with van der Waals surface area (Å²) >= 11 is 5.84. The summed E-state index contributed by atoms with van der Waals surface area (Å²) in [6.07, 6.45) is 1.89. The van der Waals surface area contributed by atoms with E-state index < -0.39 is 0 Å². The Bertz CT molecular complexity index is 639. The van der Waals surface area contributed by atoms with Gasteiger partial charge in [0, 0.05) is 29.7 Å². The van der Waals surface area contributed by atoms with E-state index in [-0.39, 0.29) is 36.4 Å². The fourth-order valence-corrected chi connectivity index (χ4v) is 2.89. The molecule has 1 fully saturated rings. The van der Waals surface area contributed by atoms with E-state index in [1.165, 1.54) is 0 Å². The van der Waals surface area contributed by atoms with Gasteiger partial charge in [-0.05, 0) is 50.5 Å². The zero-order valence-corrected chi connectivity index (χ0v) is 15.9. The number of esters is 1. The van der Waals surface area contributed by atoms with Crippen LogP contribution in [0.4, 0.5) is 0 Å². The predicted molar refractivity (Wildman–Crippen MR) is 98.9 cm³/mol. The summed E-state index contributed by atoms with van der Waals surface area (Å²) in [5.41, 5.74) is 0.581. The van der Waals surface area contributed by atoms with Gasteiger partial charge >= 0.3 is 5.97 Å². The van der Waals surface area contributed by atoms with E-state index in [4.69, 9.17) is 16.3 Å². The first-order chi connectivity index (χ1) is 12.4. The topological polar surface area (TPSA) is 75.7 Å². The van der Waals surface area contributed by atoms with Gasteiger partial charge in [0.2, 0.25) is 0 Å². The van der Waals surface area contributed by atoms with Gasteiger partial charge in [0.25, 0.3) is 11.8 Å².